The van der Waals surface area contributed by atoms with Gasteiger partial charge >= 0.3 is 0 Å². The first kappa shape index (κ1) is 16.7. The van der Waals surface area contributed by atoms with E-state index in [2.05, 4.69) is 38.2 Å². The lowest BCUT2D eigenvalue weighted by atomic mass is 10.1. The molecular weight excluding hydrogens is 248 g/mol. The van der Waals surface area contributed by atoms with E-state index in [9.17, 15) is 4.79 Å². The van der Waals surface area contributed by atoms with E-state index in [0.29, 0.717) is 13.0 Å². The molecule has 0 aliphatic rings. The lowest BCUT2D eigenvalue weighted by molar-refractivity contribution is -0.133. The third-order valence-corrected chi connectivity index (χ3v) is 3.36. The van der Waals surface area contributed by atoms with Gasteiger partial charge in [0.05, 0.1) is 0 Å². The maximum atomic E-state index is 12.3. The normalized spacial score (nSPS) is 10.8. The van der Waals surface area contributed by atoms with Crippen molar-refractivity contribution in [1.29, 1.82) is 0 Å². The summed E-state index contributed by atoms with van der Waals surface area (Å²) in [6.07, 6.45) is 2.94. The standard InChI is InChI=1S/C17H28N2O/c1-4-5-12-18-13-11-17(20)19(15(2)3)14-16-9-7-6-8-10-16/h6-10,15,18H,4-5,11-14H2,1-3H3. The Labute approximate surface area is 123 Å². The zero-order valence-electron chi connectivity index (χ0n) is 13.1. The second kappa shape index (κ2) is 9.54. The van der Waals surface area contributed by atoms with Gasteiger partial charge in [-0.3, -0.25) is 4.79 Å². The number of rotatable bonds is 9. The highest BCUT2D eigenvalue weighted by Gasteiger charge is 2.16. The number of amides is 1. The fourth-order valence-electron chi connectivity index (χ4n) is 2.10. The van der Waals surface area contributed by atoms with E-state index in [0.717, 1.165) is 13.1 Å². The van der Waals surface area contributed by atoms with Crippen LogP contribution in [-0.4, -0.2) is 29.9 Å². The summed E-state index contributed by atoms with van der Waals surface area (Å²) in [7, 11) is 0. The Balaban J connectivity index is 2.43. The Morgan fingerprint density at radius 3 is 2.50 bits per heavy atom. The lowest BCUT2D eigenvalue weighted by Crippen LogP contribution is -2.37. The van der Waals surface area contributed by atoms with Crippen LogP contribution < -0.4 is 5.32 Å². The van der Waals surface area contributed by atoms with Gasteiger partial charge in [0.2, 0.25) is 5.91 Å². The third kappa shape index (κ3) is 6.20. The summed E-state index contributed by atoms with van der Waals surface area (Å²) >= 11 is 0. The van der Waals surface area contributed by atoms with Gasteiger partial charge in [0.1, 0.15) is 0 Å². The molecule has 0 heterocycles. The first-order valence-corrected chi connectivity index (χ1v) is 7.69. The molecule has 1 aromatic carbocycles. The van der Waals surface area contributed by atoms with Crippen molar-refractivity contribution in [3.63, 3.8) is 0 Å². The number of nitrogens with one attached hydrogen (secondary N) is 1. The lowest BCUT2D eigenvalue weighted by Gasteiger charge is -2.27. The van der Waals surface area contributed by atoms with Crippen LogP contribution in [0.4, 0.5) is 0 Å². The number of benzene rings is 1. The minimum absolute atomic E-state index is 0.229. The molecule has 0 atom stereocenters. The molecule has 0 spiro atoms. The van der Waals surface area contributed by atoms with Gasteiger partial charge in [0.25, 0.3) is 0 Å². The van der Waals surface area contributed by atoms with Crippen molar-refractivity contribution in [2.45, 2.75) is 52.6 Å². The van der Waals surface area contributed by atoms with Crippen LogP contribution in [0.25, 0.3) is 0 Å². The Kier molecular flexibility index (Phi) is 7.97. The first-order chi connectivity index (χ1) is 9.65. The van der Waals surface area contributed by atoms with Gasteiger partial charge in [0, 0.05) is 25.6 Å². The average Bonchev–Trinajstić information content (AvgIpc) is 2.45. The van der Waals surface area contributed by atoms with Gasteiger partial charge in [-0.15, -0.1) is 0 Å². The molecule has 112 valence electrons. The van der Waals surface area contributed by atoms with Gasteiger partial charge in [-0.1, -0.05) is 43.7 Å². The van der Waals surface area contributed by atoms with Crippen molar-refractivity contribution in [3.8, 4) is 0 Å². The van der Waals surface area contributed by atoms with E-state index >= 15 is 0 Å². The summed E-state index contributed by atoms with van der Waals surface area (Å²) in [5.74, 6) is 0.229. The SMILES string of the molecule is CCCCNCCC(=O)N(Cc1ccccc1)C(C)C. The molecule has 0 aliphatic carbocycles. The number of hydrogen-bond donors (Lipinski definition) is 1. The molecule has 0 saturated heterocycles. The van der Waals surface area contributed by atoms with Crippen LogP contribution in [0.5, 0.6) is 0 Å². The highest BCUT2D eigenvalue weighted by Crippen LogP contribution is 2.09. The number of hydrogen-bond acceptors (Lipinski definition) is 2. The number of unbranched alkanes of at least 4 members (excludes halogenated alkanes) is 1. The van der Waals surface area contributed by atoms with Crippen LogP contribution >= 0.6 is 0 Å². The third-order valence-electron chi connectivity index (χ3n) is 3.36. The maximum absolute atomic E-state index is 12.3. The van der Waals surface area contributed by atoms with Crippen LogP contribution in [0.1, 0.15) is 45.6 Å². The van der Waals surface area contributed by atoms with Crippen LogP contribution in [0, 0.1) is 0 Å². The van der Waals surface area contributed by atoms with Gasteiger partial charge < -0.3 is 10.2 Å². The van der Waals surface area contributed by atoms with E-state index in [1.807, 2.05) is 23.1 Å². The molecule has 0 saturated carbocycles. The van der Waals surface area contributed by atoms with Crippen LogP contribution in [0.15, 0.2) is 30.3 Å². The number of carbonyl (C=O) groups excluding carboxylic acids is 1. The van der Waals surface area contributed by atoms with E-state index in [1.54, 1.807) is 0 Å². The first-order valence-electron chi connectivity index (χ1n) is 7.69. The topological polar surface area (TPSA) is 32.3 Å². The van der Waals surface area contributed by atoms with Crippen molar-refractivity contribution in [2.75, 3.05) is 13.1 Å². The van der Waals surface area contributed by atoms with E-state index in [4.69, 9.17) is 0 Å². The van der Waals surface area contributed by atoms with E-state index in [1.165, 1.54) is 18.4 Å². The second-order valence-electron chi connectivity index (χ2n) is 5.45. The Morgan fingerprint density at radius 1 is 1.20 bits per heavy atom. The fraction of sp³-hybridized carbons (Fsp3) is 0.588. The van der Waals surface area contributed by atoms with Crippen LogP contribution in [-0.2, 0) is 11.3 Å². The molecule has 0 aliphatic heterocycles. The summed E-state index contributed by atoms with van der Waals surface area (Å²) in [5.41, 5.74) is 1.19. The largest absolute Gasteiger partial charge is 0.336 e. The molecule has 1 amide bonds. The summed E-state index contributed by atoms with van der Waals surface area (Å²) in [4.78, 5) is 14.3. The minimum Gasteiger partial charge on any atom is -0.336 e. The van der Waals surface area contributed by atoms with Crippen LogP contribution in [0.2, 0.25) is 0 Å². The average molecular weight is 276 g/mol. The molecule has 0 aromatic heterocycles. The Morgan fingerprint density at radius 2 is 1.90 bits per heavy atom. The van der Waals surface area contributed by atoms with Crippen LogP contribution in [0.3, 0.4) is 0 Å². The molecule has 0 bridgehead atoms. The Hall–Kier alpha value is -1.35. The van der Waals surface area contributed by atoms with Gasteiger partial charge in [0.15, 0.2) is 0 Å². The Bertz CT molecular complexity index is 376. The number of carbonyl (C=O) groups is 1. The smallest absolute Gasteiger partial charge is 0.224 e. The van der Waals surface area contributed by atoms with E-state index in [-0.39, 0.29) is 11.9 Å². The molecule has 3 nitrogen and oxygen atoms in total. The molecule has 20 heavy (non-hydrogen) atoms. The predicted octanol–water partition coefficient (Wildman–Crippen LogP) is 3.20. The van der Waals surface area contributed by atoms with Crippen molar-refractivity contribution < 1.29 is 4.79 Å². The molecule has 1 N–H and O–H groups in total. The summed E-state index contributed by atoms with van der Waals surface area (Å²) in [6, 6.07) is 10.4. The van der Waals surface area contributed by atoms with Crippen molar-refractivity contribution >= 4 is 5.91 Å². The number of nitrogens with zero attached hydrogens (tertiary/aromatic N) is 1. The molecule has 0 radical (unpaired) electrons. The molecule has 0 fully saturated rings. The fourth-order valence-corrected chi connectivity index (χ4v) is 2.10. The van der Waals surface area contributed by atoms with Crippen molar-refractivity contribution in [2.24, 2.45) is 0 Å². The highest BCUT2D eigenvalue weighted by molar-refractivity contribution is 5.76. The minimum atomic E-state index is 0.229. The summed E-state index contributed by atoms with van der Waals surface area (Å²) < 4.78 is 0. The monoisotopic (exact) mass is 276 g/mol. The second-order valence-corrected chi connectivity index (χ2v) is 5.45. The van der Waals surface area contributed by atoms with Gasteiger partial charge in [-0.2, -0.15) is 0 Å². The molecule has 1 rings (SSSR count). The summed E-state index contributed by atoms with van der Waals surface area (Å²) in [6.45, 7) is 8.80. The zero-order valence-corrected chi connectivity index (χ0v) is 13.1. The molecular formula is C17H28N2O. The van der Waals surface area contributed by atoms with E-state index < -0.39 is 0 Å². The van der Waals surface area contributed by atoms with Crippen molar-refractivity contribution in [3.05, 3.63) is 35.9 Å². The highest BCUT2D eigenvalue weighted by atomic mass is 16.2. The molecule has 1 aromatic rings. The maximum Gasteiger partial charge on any atom is 0.224 e. The van der Waals surface area contributed by atoms with Gasteiger partial charge in [-0.05, 0) is 32.4 Å². The quantitative estimate of drug-likeness (QED) is 0.702. The zero-order chi connectivity index (χ0) is 14.8. The predicted molar refractivity (Wildman–Crippen MR) is 84.5 cm³/mol. The van der Waals surface area contributed by atoms with Crippen molar-refractivity contribution in [1.82, 2.24) is 10.2 Å². The summed E-state index contributed by atoms with van der Waals surface area (Å²) in [5, 5.41) is 3.33. The molecule has 0 unspecified atom stereocenters. The van der Waals surface area contributed by atoms with Gasteiger partial charge in [-0.25, -0.2) is 0 Å². The molecule has 3 heteroatoms.